The lowest BCUT2D eigenvalue weighted by atomic mass is 9.98. The summed E-state index contributed by atoms with van der Waals surface area (Å²) in [6.45, 7) is 0.335. The summed E-state index contributed by atoms with van der Waals surface area (Å²) in [5.74, 6) is 0.476. The Morgan fingerprint density at radius 3 is 2.76 bits per heavy atom. The number of hydrogen-bond donors (Lipinski definition) is 4. The number of nitrogens with two attached hydrogens (primary N) is 1. The van der Waals surface area contributed by atoms with E-state index in [1.54, 1.807) is 6.07 Å². The molecule has 9 nitrogen and oxygen atoms in total. The van der Waals surface area contributed by atoms with Crippen molar-refractivity contribution < 1.29 is 28.6 Å². The van der Waals surface area contributed by atoms with Crippen LogP contribution in [0.4, 0.5) is 4.39 Å². The zero-order valence-corrected chi connectivity index (χ0v) is 23.2. The molecule has 3 aliphatic rings. The molecule has 1 saturated carbocycles. The molecular weight excluding hydrogens is 527 g/mol. The lowest BCUT2D eigenvalue weighted by Crippen LogP contribution is -2.56. The first kappa shape index (κ1) is 30.0. The van der Waals surface area contributed by atoms with Crippen LogP contribution in [0.5, 0.6) is 5.75 Å². The predicted octanol–water partition coefficient (Wildman–Crippen LogP) is 1.74. The number of carbonyl (C=O) groups excluding carboxylic acids is 3. The Hall–Kier alpha value is -3.94. The summed E-state index contributed by atoms with van der Waals surface area (Å²) in [4.78, 5) is 39.4. The maximum atomic E-state index is 14.8. The van der Waals surface area contributed by atoms with Crippen LogP contribution >= 0.6 is 0 Å². The Labute approximate surface area is 239 Å². The fourth-order valence-corrected chi connectivity index (χ4v) is 5.15. The highest BCUT2D eigenvalue weighted by Gasteiger charge is 2.44. The molecule has 0 unspecified atom stereocenters. The minimum absolute atomic E-state index is 0.0896. The number of likely N-dealkylation sites (N-methyl/N-ethyl adjacent to an activating group) is 1. The molecule has 2 heterocycles. The first-order valence-corrected chi connectivity index (χ1v) is 13.9. The van der Waals surface area contributed by atoms with Crippen LogP contribution in [0, 0.1) is 18.2 Å². The highest BCUT2D eigenvalue weighted by molar-refractivity contribution is 5.91. The topological polar surface area (TPSA) is 134 Å². The number of nitrogens with one attached hydrogen (secondary N) is 2. The van der Waals surface area contributed by atoms with Crippen molar-refractivity contribution in [2.75, 3.05) is 20.2 Å². The van der Waals surface area contributed by atoms with Gasteiger partial charge in [0.25, 0.3) is 0 Å². The van der Waals surface area contributed by atoms with Gasteiger partial charge < -0.3 is 31.1 Å². The number of amides is 3. The molecule has 2 bridgehead atoms. The molecule has 2 aliphatic heterocycles. The van der Waals surface area contributed by atoms with Crippen LogP contribution in [-0.4, -0.2) is 66.1 Å². The number of benzene rings is 2. The second-order valence-electron chi connectivity index (χ2n) is 10.8. The van der Waals surface area contributed by atoms with Gasteiger partial charge in [0.1, 0.15) is 6.04 Å². The van der Waals surface area contributed by atoms with Gasteiger partial charge in [-0.3, -0.25) is 14.4 Å². The Bertz CT molecular complexity index is 1320. The number of aliphatic hydroxyl groups excluding tert-OH is 1. The quantitative estimate of drug-likeness (QED) is 0.379. The Balaban J connectivity index is 1.58. The fourth-order valence-electron chi connectivity index (χ4n) is 5.15. The average molecular weight is 565 g/mol. The molecule has 0 spiro atoms. The SMILES string of the molecule is C#Cc1cccc(C2(NC[C@@H](O)[C@@H]3Cc4ccc(c(F)c4)OCCCCC(=O)N(C)[C@@H](CC(N)=O)C(=O)N3)CC2)c1. The summed E-state index contributed by atoms with van der Waals surface area (Å²) in [5, 5.41) is 17.6. The van der Waals surface area contributed by atoms with Crippen molar-refractivity contribution >= 4 is 17.7 Å². The molecule has 0 radical (unpaired) electrons. The summed E-state index contributed by atoms with van der Waals surface area (Å²) in [6, 6.07) is 10.2. The van der Waals surface area contributed by atoms with E-state index in [4.69, 9.17) is 16.9 Å². The molecule has 10 heteroatoms. The number of hydrogen-bond acceptors (Lipinski definition) is 6. The molecule has 0 saturated heterocycles. The van der Waals surface area contributed by atoms with Crippen LogP contribution < -0.4 is 21.1 Å². The zero-order valence-electron chi connectivity index (χ0n) is 23.2. The molecule has 1 aliphatic carbocycles. The van der Waals surface area contributed by atoms with E-state index in [1.807, 2.05) is 24.3 Å². The van der Waals surface area contributed by atoms with Crippen LogP contribution in [0.1, 0.15) is 55.2 Å². The molecule has 2 aromatic rings. The third kappa shape index (κ3) is 7.63. The van der Waals surface area contributed by atoms with Crippen LogP contribution in [0.3, 0.4) is 0 Å². The van der Waals surface area contributed by atoms with Gasteiger partial charge in [-0.2, -0.15) is 0 Å². The van der Waals surface area contributed by atoms with Gasteiger partial charge in [-0.1, -0.05) is 24.1 Å². The van der Waals surface area contributed by atoms with Gasteiger partial charge in [0.05, 0.1) is 25.2 Å². The molecule has 5 N–H and O–H groups in total. The standard InChI is InChI=1S/C31H37FN4O5/c1-3-20-7-6-8-22(15-20)31(12-13-31)34-19-26(37)24-17-21-10-11-27(23(32)16-21)41-14-5-4-9-29(39)36(2)25(18-28(33)38)30(40)35-24/h1,6-8,10-11,15-16,24-26,34,37H,4-5,9,12-14,17-19H2,2H3,(H2,33,38)(H,35,40)/t24-,25-,26+/m0/s1. The van der Waals surface area contributed by atoms with E-state index in [9.17, 15) is 23.9 Å². The first-order chi connectivity index (χ1) is 19.6. The summed E-state index contributed by atoms with van der Waals surface area (Å²) in [6.07, 6.45) is 6.96. The highest BCUT2D eigenvalue weighted by atomic mass is 19.1. The molecule has 2 aromatic carbocycles. The number of ether oxygens (including phenoxy) is 1. The Morgan fingerprint density at radius 2 is 2.07 bits per heavy atom. The van der Waals surface area contributed by atoms with Gasteiger partial charge in [0.2, 0.25) is 17.7 Å². The van der Waals surface area contributed by atoms with Crippen LogP contribution in [0.2, 0.25) is 0 Å². The predicted molar refractivity (Wildman–Crippen MR) is 151 cm³/mol. The number of nitrogens with zero attached hydrogens (tertiary/aromatic N) is 1. The maximum absolute atomic E-state index is 14.8. The van der Waals surface area contributed by atoms with Crippen LogP contribution in [0.25, 0.3) is 0 Å². The number of terminal acetylenes is 1. The summed E-state index contributed by atoms with van der Waals surface area (Å²) < 4.78 is 20.4. The van der Waals surface area contributed by atoms with Gasteiger partial charge in [0, 0.05) is 31.1 Å². The van der Waals surface area contributed by atoms with Crippen molar-refractivity contribution in [2.24, 2.45) is 5.73 Å². The fraction of sp³-hybridized carbons (Fsp3) is 0.452. The van der Waals surface area contributed by atoms with Crippen molar-refractivity contribution in [3.05, 3.63) is 65.0 Å². The van der Waals surface area contributed by atoms with Gasteiger partial charge in [-0.25, -0.2) is 4.39 Å². The third-order valence-electron chi connectivity index (χ3n) is 7.83. The van der Waals surface area contributed by atoms with Crippen molar-refractivity contribution in [3.8, 4) is 18.1 Å². The van der Waals surface area contributed by atoms with Gasteiger partial charge in [0.15, 0.2) is 11.6 Å². The van der Waals surface area contributed by atoms with E-state index in [1.165, 1.54) is 24.1 Å². The Kier molecular flexibility index (Phi) is 9.63. The number of rotatable bonds is 7. The van der Waals surface area contributed by atoms with E-state index in [-0.39, 0.29) is 49.6 Å². The lowest BCUT2D eigenvalue weighted by molar-refractivity contribution is -0.141. The lowest BCUT2D eigenvalue weighted by Gasteiger charge is -2.31. The smallest absolute Gasteiger partial charge is 0.243 e. The molecule has 218 valence electrons. The first-order valence-electron chi connectivity index (χ1n) is 13.9. The molecule has 41 heavy (non-hydrogen) atoms. The van der Waals surface area contributed by atoms with E-state index >= 15 is 0 Å². The molecule has 5 rings (SSSR count). The van der Waals surface area contributed by atoms with Crippen molar-refractivity contribution in [1.82, 2.24) is 15.5 Å². The van der Waals surface area contributed by atoms with Gasteiger partial charge in [-0.05, 0) is 67.5 Å². The van der Waals surface area contributed by atoms with Crippen molar-refractivity contribution in [3.63, 3.8) is 0 Å². The largest absolute Gasteiger partial charge is 0.491 e. The minimum Gasteiger partial charge on any atom is -0.491 e. The molecule has 1 fully saturated rings. The number of carbonyl (C=O) groups is 3. The number of aliphatic hydroxyl groups is 1. The molecule has 3 atom stereocenters. The number of primary amides is 1. The molecular formula is C31H37FN4O5. The van der Waals surface area contributed by atoms with Crippen LogP contribution in [0.15, 0.2) is 42.5 Å². The van der Waals surface area contributed by atoms with E-state index < -0.39 is 35.8 Å². The van der Waals surface area contributed by atoms with E-state index in [2.05, 4.69) is 16.6 Å². The zero-order chi connectivity index (χ0) is 29.6. The van der Waals surface area contributed by atoms with Crippen LogP contribution in [-0.2, 0) is 26.3 Å². The summed E-state index contributed by atoms with van der Waals surface area (Å²) in [5.41, 5.74) is 7.38. The number of halogens is 1. The Morgan fingerprint density at radius 1 is 1.29 bits per heavy atom. The van der Waals surface area contributed by atoms with E-state index in [0.29, 0.717) is 18.4 Å². The van der Waals surface area contributed by atoms with Gasteiger partial charge >= 0.3 is 0 Å². The monoisotopic (exact) mass is 564 g/mol. The summed E-state index contributed by atoms with van der Waals surface area (Å²) in [7, 11) is 1.46. The summed E-state index contributed by atoms with van der Waals surface area (Å²) >= 11 is 0. The third-order valence-corrected chi connectivity index (χ3v) is 7.83. The van der Waals surface area contributed by atoms with E-state index in [0.717, 1.165) is 24.0 Å². The molecule has 3 amide bonds. The normalized spacial score (nSPS) is 21.9. The number of fused-ring (bicyclic) bond motifs is 13. The van der Waals surface area contributed by atoms with Crippen molar-refractivity contribution in [1.29, 1.82) is 0 Å². The van der Waals surface area contributed by atoms with Crippen molar-refractivity contribution in [2.45, 2.75) is 68.7 Å². The second kappa shape index (κ2) is 13.1. The minimum atomic E-state index is -1.16. The highest BCUT2D eigenvalue weighted by Crippen LogP contribution is 2.45. The molecule has 0 aromatic heterocycles. The van der Waals surface area contributed by atoms with Gasteiger partial charge in [-0.15, -0.1) is 6.42 Å². The maximum Gasteiger partial charge on any atom is 0.243 e. The average Bonchev–Trinajstić information content (AvgIpc) is 3.75. The second-order valence-corrected chi connectivity index (χ2v) is 10.8.